The molecule has 2 aromatic heterocycles. The van der Waals surface area contributed by atoms with Crippen molar-refractivity contribution in [3.63, 3.8) is 0 Å². The average Bonchev–Trinajstić information content (AvgIpc) is 3.15. The topological polar surface area (TPSA) is 83.4 Å². The van der Waals surface area contributed by atoms with Crippen LogP contribution < -0.4 is 0 Å². The van der Waals surface area contributed by atoms with Crippen LogP contribution in [0.15, 0.2) is 18.3 Å². The van der Waals surface area contributed by atoms with E-state index in [1.165, 1.54) is 6.07 Å². The molecule has 3 rings (SSSR count). The minimum atomic E-state index is -4.58. The van der Waals surface area contributed by atoms with Gasteiger partial charge >= 0.3 is 12.1 Å². The molecule has 144 valence electrons. The molecule has 27 heavy (non-hydrogen) atoms. The fourth-order valence-electron chi connectivity index (χ4n) is 2.47. The molecule has 11 heteroatoms. The van der Waals surface area contributed by atoms with Crippen LogP contribution in [-0.2, 0) is 20.4 Å². The monoisotopic (exact) mass is 403 g/mol. The van der Waals surface area contributed by atoms with Crippen LogP contribution in [0.4, 0.5) is 13.2 Å². The quantitative estimate of drug-likeness (QED) is 0.571. The number of hydrogen-bond donors (Lipinski definition) is 0. The summed E-state index contributed by atoms with van der Waals surface area (Å²) in [4.78, 5) is 23.7. The van der Waals surface area contributed by atoms with Crippen molar-refractivity contribution in [2.75, 3.05) is 19.8 Å². The first kappa shape index (κ1) is 19.5. The standard InChI is InChI=1S/C16H13ClF3N3O4/c1-2-25-13(24)12-10(14-26-5-6-27-14)11(22-15(17)23-12)8-3-4-9(21-7-8)16(18,19)20/h3-4,7,14H,2,5-6H2,1H3. The zero-order valence-corrected chi connectivity index (χ0v) is 14.7. The normalized spacial score (nSPS) is 15.1. The second kappa shape index (κ2) is 7.75. The van der Waals surface area contributed by atoms with Gasteiger partial charge in [-0.3, -0.25) is 4.98 Å². The van der Waals surface area contributed by atoms with Crippen LogP contribution in [0.25, 0.3) is 11.3 Å². The highest BCUT2D eigenvalue weighted by Crippen LogP contribution is 2.35. The molecule has 0 N–H and O–H groups in total. The largest absolute Gasteiger partial charge is 0.461 e. The summed E-state index contributed by atoms with van der Waals surface area (Å²) in [6.45, 7) is 2.23. The van der Waals surface area contributed by atoms with Crippen molar-refractivity contribution in [3.05, 3.63) is 40.6 Å². The highest BCUT2D eigenvalue weighted by Gasteiger charge is 2.34. The van der Waals surface area contributed by atoms with Crippen LogP contribution in [0.1, 0.15) is 35.0 Å². The number of alkyl halides is 3. The third kappa shape index (κ3) is 4.18. The van der Waals surface area contributed by atoms with E-state index in [0.717, 1.165) is 12.3 Å². The van der Waals surface area contributed by atoms with Crippen molar-refractivity contribution in [1.82, 2.24) is 15.0 Å². The number of nitrogens with zero attached hydrogens (tertiary/aromatic N) is 3. The van der Waals surface area contributed by atoms with Gasteiger partial charge in [-0.15, -0.1) is 0 Å². The van der Waals surface area contributed by atoms with E-state index < -0.39 is 24.1 Å². The summed E-state index contributed by atoms with van der Waals surface area (Å²) >= 11 is 5.91. The maximum Gasteiger partial charge on any atom is 0.433 e. The number of ether oxygens (including phenoxy) is 3. The molecule has 0 bridgehead atoms. The Morgan fingerprint density at radius 2 is 2.00 bits per heavy atom. The van der Waals surface area contributed by atoms with Gasteiger partial charge in [0.25, 0.3) is 0 Å². The maximum atomic E-state index is 12.8. The molecule has 1 saturated heterocycles. The molecule has 2 aromatic rings. The number of aromatic nitrogens is 3. The van der Waals surface area contributed by atoms with Crippen LogP contribution in [-0.4, -0.2) is 40.7 Å². The highest BCUT2D eigenvalue weighted by atomic mass is 35.5. The molecule has 0 saturated carbocycles. The maximum absolute atomic E-state index is 12.8. The summed E-state index contributed by atoms with van der Waals surface area (Å²) in [7, 11) is 0. The van der Waals surface area contributed by atoms with E-state index in [1.807, 2.05) is 0 Å². The van der Waals surface area contributed by atoms with Crippen LogP contribution in [0.2, 0.25) is 5.28 Å². The molecule has 7 nitrogen and oxygen atoms in total. The zero-order valence-electron chi connectivity index (χ0n) is 13.9. The average molecular weight is 404 g/mol. The predicted octanol–water partition coefficient (Wildman–Crippen LogP) is 3.43. The van der Waals surface area contributed by atoms with Crippen LogP contribution in [0, 0.1) is 0 Å². The number of hydrogen-bond acceptors (Lipinski definition) is 7. The van der Waals surface area contributed by atoms with Gasteiger partial charge in [0.1, 0.15) is 5.69 Å². The molecule has 1 fully saturated rings. The second-order valence-electron chi connectivity index (χ2n) is 5.33. The summed E-state index contributed by atoms with van der Waals surface area (Å²) in [5, 5.41) is -0.283. The number of halogens is 4. The Labute approximate surface area is 156 Å². The Morgan fingerprint density at radius 3 is 2.56 bits per heavy atom. The number of carbonyl (C=O) groups is 1. The van der Waals surface area contributed by atoms with Gasteiger partial charge < -0.3 is 14.2 Å². The van der Waals surface area contributed by atoms with E-state index in [2.05, 4.69) is 15.0 Å². The van der Waals surface area contributed by atoms with Gasteiger partial charge in [0.15, 0.2) is 12.0 Å². The van der Waals surface area contributed by atoms with Gasteiger partial charge in [-0.2, -0.15) is 13.2 Å². The Kier molecular flexibility index (Phi) is 5.59. The lowest BCUT2D eigenvalue weighted by Crippen LogP contribution is -2.17. The van der Waals surface area contributed by atoms with Crippen molar-refractivity contribution >= 4 is 17.6 Å². The second-order valence-corrected chi connectivity index (χ2v) is 5.67. The Bertz CT molecular complexity index is 840. The molecule has 1 aliphatic rings. The summed E-state index contributed by atoms with van der Waals surface area (Å²) in [5.41, 5.74) is -0.861. The lowest BCUT2D eigenvalue weighted by Gasteiger charge is -2.17. The molecule has 0 atom stereocenters. The van der Waals surface area contributed by atoms with Crippen molar-refractivity contribution in [2.24, 2.45) is 0 Å². The molecule has 1 aliphatic heterocycles. The summed E-state index contributed by atoms with van der Waals surface area (Å²) in [6, 6.07) is 1.97. The number of pyridine rings is 1. The first-order valence-electron chi connectivity index (χ1n) is 7.82. The van der Waals surface area contributed by atoms with Gasteiger partial charge in [-0.25, -0.2) is 14.8 Å². The summed E-state index contributed by atoms with van der Waals surface area (Å²) < 4.78 is 54.1. The van der Waals surface area contributed by atoms with Gasteiger partial charge in [0.2, 0.25) is 5.28 Å². The molecule has 0 spiro atoms. The molecular formula is C16H13ClF3N3O4. The Balaban J connectivity index is 2.14. The van der Waals surface area contributed by atoms with Gasteiger partial charge in [-0.05, 0) is 30.7 Å². The first-order chi connectivity index (χ1) is 12.8. The van der Waals surface area contributed by atoms with E-state index >= 15 is 0 Å². The van der Waals surface area contributed by atoms with Crippen molar-refractivity contribution < 1.29 is 32.2 Å². The lowest BCUT2D eigenvalue weighted by molar-refractivity contribution is -0.141. The number of carbonyl (C=O) groups excluding carboxylic acids is 1. The van der Waals surface area contributed by atoms with Gasteiger partial charge in [-0.1, -0.05) is 0 Å². The zero-order chi connectivity index (χ0) is 19.6. The number of rotatable bonds is 4. The van der Waals surface area contributed by atoms with E-state index in [1.54, 1.807) is 6.92 Å². The SMILES string of the molecule is CCOC(=O)c1nc(Cl)nc(-c2ccc(C(F)(F)F)nc2)c1C1OCCO1. The fourth-order valence-corrected chi connectivity index (χ4v) is 2.64. The molecule has 0 unspecified atom stereocenters. The molecular weight excluding hydrogens is 391 g/mol. The predicted molar refractivity (Wildman–Crippen MR) is 85.9 cm³/mol. The Morgan fingerprint density at radius 1 is 1.30 bits per heavy atom. The molecule has 0 aliphatic carbocycles. The highest BCUT2D eigenvalue weighted by molar-refractivity contribution is 6.28. The smallest absolute Gasteiger partial charge is 0.433 e. The molecule has 3 heterocycles. The third-order valence-corrected chi connectivity index (χ3v) is 3.74. The molecule has 0 amide bonds. The fraction of sp³-hybridized carbons (Fsp3) is 0.375. The molecule has 0 radical (unpaired) electrons. The first-order valence-corrected chi connectivity index (χ1v) is 8.20. The molecule has 0 aromatic carbocycles. The minimum absolute atomic E-state index is 0.0752. The van der Waals surface area contributed by atoms with Crippen LogP contribution in [0.5, 0.6) is 0 Å². The van der Waals surface area contributed by atoms with E-state index in [0.29, 0.717) is 0 Å². The van der Waals surface area contributed by atoms with Crippen molar-refractivity contribution in [1.29, 1.82) is 0 Å². The van der Waals surface area contributed by atoms with Crippen molar-refractivity contribution in [3.8, 4) is 11.3 Å². The summed E-state index contributed by atoms with van der Waals surface area (Å²) in [5.74, 6) is -0.781. The number of esters is 1. The van der Waals surface area contributed by atoms with E-state index in [9.17, 15) is 18.0 Å². The minimum Gasteiger partial charge on any atom is -0.461 e. The van der Waals surface area contributed by atoms with E-state index in [-0.39, 0.29) is 47.6 Å². The van der Waals surface area contributed by atoms with Crippen molar-refractivity contribution in [2.45, 2.75) is 19.4 Å². The van der Waals surface area contributed by atoms with Gasteiger partial charge in [0, 0.05) is 11.8 Å². The lowest BCUT2D eigenvalue weighted by atomic mass is 10.0. The summed E-state index contributed by atoms with van der Waals surface area (Å²) in [6.07, 6.45) is -4.59. The Hall–Kier alpha value is -2.30. The van der Waals surface area contributed by atoms with Crippen LogP contribution >= 0.6 is 11.6 Å². The van der Waals surface area contributed by atoms with Crippen LogP contribution in [0.3, 0.4) is 0 Å². The van der Waals surface area contributed by atoms with E-state index in [4.69, 9.17) is 25.8 Å². The third-order valence-electron chi connectivity index (χ3n) is 3.57. The van der Waals surface area contributed by atoms with Gasteiger partial charge in [0.05, 0.1) is 31.1 Å².